The normalized spacial score (nSPS) is 11.6. The van der Waals surface area contributed by atoms with Crippen LogP contribution in [0.25, 0.3) is 0 Å². The van der Waals surface area contributed by atoms with Gasteiger partial charge in [-0.1, -0.05) is 0 Å². The molecule has 96 valence electrons. The minimum atomic E-state index is -1.08. The number of anilines is 1. The van der Waals surface area contributed by atoms with Gasteiger partial charge in [0.05, 0.1) is 6.20 Å². The Hall–Kier alpha value is -2.95. The van der Waals surface area contributed by atoms with Gasteiger partial charge in [0.25, 0.3) is 0 Å². The fourth-order valence-electron chi connectivity index (χ4n) is 1.50. The fraction of sp³-hybridized carbons (Fsp3) is 0.182. The molecular weight excluding hydrogens is 248 g/mol. The summed E-state index contributed by atoms with van der Waals surface area (Å²) in [4.78, 5) is 19.0. The maximum Gasteiger partial charge on any atom is 0.331 e. The van der Waals surface area contributed by atoms with Gasteiger partial charge >= 0.3 is 5.97 Å². The van der Waals surface area contributed by atoms with Gasteiger partial charge in [-0.3, -0.25) is 4.68 Å². The molecule has 0 radical (unpaired) electrons. The van der Waals surface area contributed by atoms with Crippen molar-refractivity contribution in [3.8, 4) is 6.07 Å². The van der Waals surface area contributed by atoms with Gasteiger partial charge < -0.3 is 10.4 Å². The molecule has 0 amide bonds. The lowest BCUT2D eigenvalue weighted by Crippen LogP contribution is -2.21. The van der Waals surface area contributed by atoms with Crippen molar-refractivity contribution >= 4 is 11.9 Å². The van der Waals surface area contributed by atoms with Crippen LogP contribution in [-0.4, -0.2) is 30.8 Å². The summed E-state index contributed by atoms with van der Waals surface area (Å²) in [7, 11) is 1.69. The average molecular weight is 258 g/mol. The maximum atomic E-state index is 11.2. The lowest BCUT2D eigenvalue weighted by molar-refractivity contribution is -0.138. The zero-order valence-corrected chi connectivity index (χ0v) is 9.98. The van der Waals surface area contributed by atoms with Gasteiger partial charge in [-0.15, -0.1) is 0 Å². The second-order valence-corrected chi connectivity index (χ2v) is 3.74. The predicted octanol–water partition coefficient (Wildman–Crippen LogP) is 0.320. The molecule has 0 fully saturated rings. The first-order valence-corrected chi connectivity index (χ1v) is 5.31. The number of carbonyl (C=O) groups is 1. The number of aliphatic carboxylic acids is 1. The Morgan fingerprint density at radius 3 is 3.00 bits per heavy atom. The number of hydrogen-bond donors (Lipinski definition) is 2. The van der Waals surface area contributed by atoms with Crippen molar-refractivity contribution in [1.82, 2.24) is 19.7 Å². The van der Waals surface area contributed by atoms with Crippen LogP contribution in [-0.2, 0) is 11.8 Å². The first-order valence-electron chi connectivity index (χ1n) is 5.31. The molecule has 0 aromatic carbocycles. The number of rotatable bonds is 4. The number of carboxylic acid groups (broad SMARTS) is 1. The number of nitrogens with one attached hydrogen (secondary N) is 1. The predicted molar refractivity (Wildman–Crippen MR) is 64.0 cm³/mol. The molecule has 2 aromatic heterocycles. The van der Waals surface area contributed by atoms with Gasteiger partial charge in [-0.25, -0.2) is 14.8 Å². The van der Waals surface area contributed by atoms with Crippen molar-refractivity contribution in [2.24, 2.45) is 7.05 Å². The molecule has 0 spiro atoms. The molecule has 0 aliphatic carbocycles. The molecule has 2 N–H and O–H groups in total. The lowest BCUT2D eigenvalue weighted by atomic mass is 10.1. The summed E-state index contributed by atoms with van der Waals surface area (Å²) in [5.41, 5.74) is 0.633. The van der Waals surface area contributed by atoms with Crippen LogP contribution < -0.4 is 5.32 Å². The van der Waals surface area contributed by atoms with Crippen molar-refractivity contribution < 1.29 is 9.90 Å². The molecule has 2 aromatic rings. The summed E-state index contributed by atoms with van der Waals surface area (Å²) in [6, 6.07) is 2.27. The quantitative estimate of drug-likeness (QED) is 0.810. The Morgan fingerprint density at radius 2 is 2.42 bits per heavy atom. The van der Waals surface area contributed by atoms with E-state index in [2.05, 4.69) is 20.4 Å². The maximum absolute atomic E-state index is 11.2. The number of nitriles is 1. The van der Waals surface area contributed by atoms with Crippen LogP contribution in [0, 0.1) is 11.3 Å². The zero-order chi connectivity index (χ0) is 13.8. The van der Waals surface area contributed by atoms with E-state index in [4.69, 9.17) is 5.26 Å². The highest BCUT2D eigenvalue weighted by atomic mass is 16.4. The minimum absolute atomic E-state index is 0.0790. The van der Waals surface area contributed by atoms with Crippen LogP contribution in [0.15, 0.2) is 24.7 Å². The molecule has 19 heavy (non-hydrogen) atoms. The number of aryl methyl sites for hydroxylation is 1. The Labute approximate surface area is 108 Å². The molecule has 8 nitrogen and oxygen atoms in total. The molecule has 1 atom stereocenters. The molecule has 1 unspecified atom stereocenters. The number of nitrogens with zero attached hydrogens (tertiary/aromatic N) is 5. The smallest absolute Gasteiger partial charge is 0.331 e. The van der Waals surface area contributed by atoms with Gasteiger partial charge in [-0.05, 0) is 6.07 Å². The second kappa shape index (κ2) is 5.14. The number of carboxylic acids is 1. The van der Waals surface area contributed by atoms with Crippen molar-refractivity contribution in [3.05, 3.63) is 35.9 Å². The summed E-state index contributed by atoms with van der Waals surface area (Å²) in [5.74, 6) is -1.01. The van der Waals surface area contributed by atoms with E-state index in [0.29, 0.717) is 5.56 Å². The van der Waals surface area contributed by atoms with E-state index in [1.54, 1.807) is 13.2 Å². The highest BCUT2D eigenvalue weighted by Crippen LogP contribution is 2.16. The number of aromatic nitrogens is 4. The second-order valence-electron chi connectivity index (χ2n) is 3.74. The molecule has 0 aliphatic heterocycles. The summed E-state index contributed by atoms with van der Waals surface area (Å²) >= 11 is 0. The van der Waals surface area contributed by atoms with Gasteiger partial charge in [-0.2, -0.15) is 10.4 Å². The molecule has 2 rings (SSSR count). The molecule has 2 heterocycles. The van der Waals surface area contributed by atoms with Crippen molar-refractivity contribution in [2.75, 3.05) is 5.32 Å². The van der Waals surface area contributed by atoms with E-state index in [0.717, 1.165) is 0 Å². The van der Waals surface area contributed by atoms with Gasteiger partial charge in [0.15, 0.2) is 6.04 Å². The topological polar surface area (TPSA) is 117 Å². The first-order chi connectivity index (χ1) is 9.10. The zero-order valence-electron chi connectivity index (χ0n) is 9.98. The summed E-state index contributed by atoms with van der Waals surface area (Å²) in [6.45, 7) is 0. The average Bonchev–Trinajstić information content (AvgIpc) is 2.82. The van der Waals surface area contributed by atoms with Crippen molar-refractivity contribution in [3.63, 3.8) is 0 Å². The minimum Gasteiger partial charge on any atom is -0.479 e. The van der Waals surface area contributed by atoms with Crippen LogP contribution in [0.2, 0.25) is 0 Å². The Bertz CT molecular complexity index is 645. The number of hydrogen-bond acceptors (Lipinski definition) is 6. The summed E-state index contributed by atoms with van der Waals surface area (Å²) < 4.78 is 1.50. The molecule has 0 aliphatic rings. The van der Waals surface area contributed by atoms with Gasteiger partial charge in [0.2, 0.25) is 5.95 Å². The fourth-order valence-corrected chi connectivity index (χ4v) is 1.50. The molecule has 0 saturated heterocycles. The molecule has 0 saturated carbocycles. The molecule has 8 heteroatoms. The van der Waals surface area contributed by atoms with E-state index in [1.165, 1.54) is 23.1 Å². The Kier molecular flexibility index (Phi) is 3.38. The third-order valence-corrected chi connectivity index (χ3v) is 2.35. The Morgan fingerprint density at radius 1 is 1.63 bits per heavy atom. The van der Waals surface area contributed by atoms with E-state index in [9.17, 15) is 9.90 Å². The monoisotopic (exact) mass is 258 g/mol. The van der Waals surface area contributed by atoms with Crippen LogP contribution >= 0.6 is 0 Å². The van der Waals surface area contributed by atoms with Gasteiger partial charge in [0.1, 0.15) is 11.8 Å². The van der Waals surface area contributed by atoms with Crippen LogP contribution in [0.4, 0.5) is 5.95 Å². The standard InChI is InChI=1S/C11H10N6O2/c1-17-6-7(5-14-17)9(10(18)19)16-11-13-3-2-8(4-12)15-11/h2-3,5-6,9H,1H3,(H,18,19)(H,13,15,16). The van der Waals surface area contributed by atoms with Gasteiger partial charge in [0, 0.05) is 25.0 Å². The third kappa shape index (κ3) is 2.84. The molecular formula is C11H10N6O2. The lowest BCUT2D eigenvalue weighted by Gasteiger charge is -2.12. The largest absolute Gasteiger partial charge is 0.479 e. The van der Waals surface area contributed by atoms with Crippen LogP contribution in [0.5, 0.6) is 0 Å². The highest BCUT2D eigenvalue weighted by Gasteiger charge is 2.22. The Balaban J connectivity index is 2.27. The highest BCUT2D eigenvalue weighted by molar-refractivity contribution is 5.78. The van der Waals surface area contributed by atoms with Crippen LogP contribution in [0.3, 0.4) is 0 Å². The summed E-state index contributed by atoms with van der Waals surface area (Å²) in [6.07, 6.45) is 4.41. The van der Waals surface area contributed by atoms with E-state index in [1.807, 2.05) is 6.07 Å². The third-order valence-electron chi connectivity index (χ3n) is 2.35. The SMILES string of the molecule is Cn1cc(C(Nc2nccc(C#N)n2)C(=O)O)cn1. The van der Waals surface area contributed by atoms with E-state index in [-0.39, 0.29) is 11.6 Å². The summed E-state index contributed by atoms with van der Waals surface area (Å²) in [5, 5.41) is 24.5. The van der Waals surface area contributed by atoms with Crippen LogP contribution in [0.1, 0.15) is 17.3 Å². The van der Waals surface area contributed by atoms with E-state index < -0.39 is 12.0 Å². The van der Waals surface area contributed by atoms with Crippen molar-refractivity contribution in [1.29, 1.82) is 5.26 Å². The first kappa shape index (κ1) is 12.5. The van der Waals surface area contributed by atoms with Crippen molar-refractivity contribution in [2.45, 2.75) is 6.04 Å². The van der Waals surface area contributed by atoms with E-state index >= 15 is 0 Å². The molecule has 0 bridgehead atoms.